The fourth-order valence-corrected chi connectivity index (χ4v) is 3.91. The number of hydrogen-bond donors (Lipinski definition) is 3. The van der Waals surface area contributed by atoms with Crippen molar-refractivity contribution in [3.63, 3.8) is 0 Å². The van der Waals surface area contributed by atoms with Gasteiger partial charge in [-0.15, -0.1) is 0 Å². The Morgan fingerprint density at radius 2 is 1.81 bits per heavy atom. The summed E-state index contributed by atoms with van der Waals surface area (Å²) in [6.07, 6.45) is 0.790. The zero-order valence-electron chi connectivity index (χ0n) is 19.3. The first-order valence-corrected chi connectivity index (χ1v) is 11.2. The minimum absolute atomic E-state index is 0.00226. The molecular weight excluding hydrogens is 489 g/mol. The monoisotopic (exact) mass is 509 g/mol. The zero-order valence-corrected chi connectivity index (χ0v) is 20.0. The Hall–Kier alpha value is -4.44. The van der Waals surface area contributed by atoms with Gasteiger partial charge in [-0.05, 0) is 37.3 Å². The first-order chi connectivity index (χ1) is 17.3. The van der Waals surface area contributed by atoms with Crippen LogP contribution in [0.5, 0.6) is 0 Å². The number of carbonyl (C=O) groups is 2. The number of benzene rings is 2. The molecule has 4 rings (SSSR count). The summed E-state index contributed by atoms with van der Waals surface area (Å²) in [5, 5.41) is 8.10. The molecule has 9 nitrogen and oxygen atoms in total. The summed E-state index contributed by atoms with van der Waals surface area (Å²) in [4.78, 5) is 41.5. The summed E-state index contributed by atoms with van der Waals surface area (Å²) in [7, 11) is 1.23. The number of nitrogens with one attached hydrogen (secondary N) is 3. The molecule has 0 fully saturated rings. The summed E-state index contributed by atoms with van der Waals surface area (Å²) in [6.45, 7) is 2.08. The lowest BCUT2D eigenvalue weighted by Gasteiger charge is -2.15. The van der Waals surface area contributed by atoms with Gasteiger partial charge < -0.3 is 19.9 Å². The van der Waals surface area contributed by atoms with Crippen LogP contribution in [0.3, 0.4) is 0 Å². The summed E-state index contributed by atoms with van der Waals surface area (Å²) in [5.74, 6) is -0.553. The largest absolute Gasteiger partial charge is 0.453 e. The Balaban J connectivity index is 1.74. The minimum Gasteiger partial charge on any atom is -0.453 e. The van der Waals surface area contributed by atoms with Crippen LogP contribution in [0.2, 0.25) is 5.02 Å². The van der Waals surface area contributed by atoms with Crippen LogP contribution in [0.15, 0.2) is 65.6 Å². The van der Waals surface area contributed by atoms with Crippen LogP contribution >= 0.6 is 11.6 Å². The second-order valence-electron chi connectivity index (χ2n) is 7.61. The molecule has 4 aromatic rings. The minimum atomic E-state index is -0.760. The molecule has 3 N–H and O–H groups in total. The van der Waals surface area contributed by atoms with Crippen molar-refractivity contribution in [1.82, 2.24) is 9.55 Å². The molecule has 0 aliphatic rings. The van der Waals surface area contributed by atoms with Gasteiger partial charge in [-0.25, -0.2) is 19.0 Å². The van der Waals surface area contributed by atoms with Gasteiger partial charge in [0.25, 0.3) is 5.56 Å². The molecule has 184 valence electrons. The maximum absolute atomic E-state index is 14.7. The molecule has 36 heavy (non-hydrogen) atoms. The number of aromatic nitrogens is 2. The van der Waals surface area contributed by atoms with Crippen molar-refractivity contribution in [2.45, 2.75) is 13.5 Å². The van der Waals surface area contributed by atoms with E-state index in [9.17, 15) is 18.8 Å². The molecule has 0 spiro atoms. The van der Waals surface area contributed by atoms with Gasteiger partial charge in [0, 0.05) is 41.0 Å². The third-order valence-electron chi connectivity index (χ3n) is 5.34. The normalized spacial score (nSPS) is 10.7. The number of ether oxygens (including phenoxy) is 1. The average Bonchev–Trinajstić information content (AvgIpc) is 2.86. The van der Waals surface area contributed by atoms with Gasteiger partial charge in [0.1, 0.15) is 11.6 Å². The predicted octanol–water partition coefficient (Wildman–Crippen LogP) is 5.70. The van der Waals surface area contributed by atoms with E-state index in [1.54, 1.807) is 49.4 Å². The molecular formula is C25H21ClFN5O4. The van der Waals surface area contributed by atoms with Crippen LogP contribution in [0.25, 0.3) is 22.0 Å². The van der Waals surface area contributed by atoms with Crippen LogP contribution in [0.4, 0.5) is 31.2 Å². The van der Waals surface area contributed by atoms with E-state index in [0.29, 0.717) is 23.1 Å². The molecule has 0 radical (unpaired) electrons. The molecule has 2 aromatic heterocycles. The second-order valence-corrected chi connectivity index (χ2v) is 8.02. The van der Waals surface area contributed by atoms with E-state index in [1.807, 2.05) is 0 Å². The summed E-state index contributed by atoms with van der Waals surface area (Å²) < 4.78 is 20.7. The number of hydrogen-bond acceptors (Lipinski definition) is 5. The molecule has 0 aliphatic carbocycles. The highest BCUT2D eigenvalue weighted by Crippen LogP contribution is 2.32. The van der Waals surface area contributed by atoms with Crippen molar-refractivity contribution in [3.8, 4) is 11.1 Å². The number of urea groups is 1. The molecule has 2 aromatic carbocycles. The van der Waals surface area contributed by atoms with Gasteiger partial charge in [0.05, 0.1) is 23.3 Å². The van der Waals surface area contributed by atoms with Crippen LogP contribution < -0.4 is 21.5 Å². The number of pyridine rings is 2. The Morgan fingerprint density at radius 3 is 2.50 bits per heavy atom. The molecule has 11 heteroatoms. The fourth-order valence-electron chi connectivity index (χ4n) is 3.66. The topological polar surface area (TPSA) is 114 Å². The number of aryl methyl sites for hydroxylation is 1. The Morgan fingerprint density at radius 1 is 1.06 bits per heavy atom. The van der Waals surface area contributed by atoms with E-state index in [2.05, 4.69) is 25.7 Å². The third kappa shape index (κ3) is 5.13. The maximum atomic E-state index is 14.7. The number of anilines is 3. The van der Waals surface area contributed by atoms with Crippen LogP contribution in [-0.2, 0) is 11.3 Å². The van der Waals surface area contributed by atoms with Crippen LogP contribution in [-0.4, -0.2) is 28.8 Å². The highest BCUT2D eigenvalue weighted by atomic mass is 35.5. The third-order valence-corrected chi connectivity index (χ3v) is 5.65. The number of rotatable bonds is 5. The molecule has 0 saturated carbocycles. The van der Waals surface area contributed by atoms with E-state index in [1.165, 1.54) is 23.9 Å². The predicted molar refractivity (Wildman–Crippen MR) is 137 cm³/mol. The van der Waals surface area contributed by atoms with E-state index in [-0.39, 0.29) is 27.7 Å². The molecule has 2 heterocycles. The number of para-hydroxylation sites is 1. The highest BCUT2D eigenvalue weighted by Gasteiger charge is 2.18. The van der Waals surface area contributed by atoms with Crippen LogP contribution in [0.1, 0.15) is 6.92 Å². The molecule has 3 amide bonds. The van der Waals surface area contributed by atoms with Crippen molar-refractivity contribution >= 4 is 51.8 Å². The van der Waals surface area contributed by atoms with Gasteiger partial charge in [-0.2, -0.15) is 0 Å². The van der Waals surface area contributed by atoms with Gasteiger partial charge >= 0.3 is 12.1 Å². The quantitative estimate of drug-likeness (QED) is 0.319. The Labute approximate surface area is 209 Å². The van der Waals surface area contributed by atoms with E-state index in [0.717, 1.165) is 6.07 Å². The van der Waals surface area contributed by atoms with Gasteiger partial charge in [0.15, 0.2) is 0 Å². The molecule has 0 atom stereocenters. The van der Waals surface area contributed by atoms with Crippen molar-refractivity contribution < 1.29 is 18.7 Å². The number of halogens is 2. The van der Waals surface area contributed by atoms with Crippen molar-refractivity contribution in [1.29, 1.82) is 0 Å². The lowest BCUT2D eigenvalue weighted by atomic mass is 10.0. The van der Waals surface area contributed by atoms with Crippen molar-refractivity contribution in [2.24, 2.45) is 0 Å². The first kappa shape index (κ1) is 24.7. The number of fused-ring (bicyclic) bond motifs is 1. The van der Waals surface area contributed by atoms with Gasteiger partial charge in [0.2, 0.25) is 0 Å². The number of nitrogens with zero attached hydrogens (tertiary/aromatic N) is 2. The van der Waals surface area contributed by atoms with Gasteiger partial charge in [-0.1, -0.05) is 29.8 Å². The summed E-state index contributed by atoms with van der Waals surface area (Å²) >= 11 is 6.33. The van der Waals surface area contributed by atoms with E-state index in [4.69, 9.17) is 11.6 Å². The fraction of sp³-hybridized carbons (Fsp3) is 0.120. The first-order valence-electron chi connectivity index (χ1n) is 10.8. The second kappa shape index (κ2) is 10.4. The summed E-state index contributed by atoms with van der Waals surface area (Å²) in [6, 6.07) is 13.5. The van der Waals surface area contributed by atoms with Gasteiger partial charge in [-0.3, -0.25) is 10.1 Å². The molecule has 0 aliphatic heterocycles. The number of amides is 3. The molecule has 0 bridgehead atoms. The Bertz CT molecular complexity index is 1520. The number of methoxy groups -OCH3 is 1. The Kier molecular flexibility index (Phi) is 7.16. The SMILES string of the molecule is CCn1c(=O)c(-c2cc(NC(=O)Nc3ccccc3)c(F)cc2Cl)cc2cnc(NC(=O)OC)cc21. The summed E-state index contributed by atoms with van der Waals surface area (Å²) in [5.41, 5.74) is 0.926. The molecule has 0 saturated heterocycles. The van der Waals surface area contributed by atoms with Crippen LogP contribution in [0, 0.1) is 5.82 Å². The lowest BCUT2D eigenvalue weighted by molar-refractivity contribution is 0.187. The van der Waals surface area contributed by atoms with Crippen molar-refractivity contribution in [2.75, 3.05) is 23.1 Å². The van der Waals surface area contributed by atoms with Crippen molar-refractivity contribution in [3.05, 3.63) is 82.0 Å². The number of carbonyl (C=O) groups excluding carboxylic acids is 2. The molecule has 0 unspecified atom stereocenters. The maximum Gasteiger partial charge on any atom is 0.412 e. The zero-order chi connectivity index (χ0) is 25.8. The lowest BCUT2D eigenvalue weighted by Crippen LogP contribution is -2.22. The highest BCUT2D eigenvalue weighted by molar-refractivity contribution is 6.33. The average molecular weight is 510 g/mol. The van der Waals surface area contributed by atoms with E-state index < -0.39 is 23.5 Å². The standard InChI is InChI=1S/C25H21ClFN5O4/c1-3-32-21-12-22(31-25(35)36-2)28-13-14(21)9-17(23(32)33)16-10-20(19(27)11-18(16)26)30-24(34)29-15-7-5-4-6-8-15/h4-13H,3H2,1-2H3,(H,28,31,35)(H2,29,30,34). The van der Waals surface area contributed by atoms with E-state index >= 15 is 0 Å². The smallest absolute Gasteiger partial charge is 0.412 e.